The maximum atomic E-state index is 13.0. The number of H-pyrrole nitrogens is 8. The molecule has 594 valence electrons. The van der Waals surface area contributed by atoms with Crippen LogP contribution < -0.4 is 0 Å². The number of nitrogens with zero attached hydrogens (tertiary/aromatic N) is 15. The van der Waals surface area contributed by atoms with E-state index >= 15 is 0 Å². The second-order valence-corrected chi connectivity index (χ2v) is 31.0. The maximum Gasteiger partial charge on any atom is 0.275 e. The van der Waals surface area contributed by atoms with Gasteiger partial charge in [0.1, 0.15) is 24.6 Å². The van der Waals surface area contributed by atoms with Crippen molar-refractivity contribution in [2.45, 2.75) is 137 Å². The van der Waals surface area contributed by atoms with Crippen molar-refractivity contribution in [1.29, 1.82) is 0 Å². The second kappa shape index (κ2) is 33.5. The molecule has 0 atom stereocenters. The highest BCUT2D eigenvalue weighted by atomic mass is 16.5. The van der Waals surface area contributed by atoms with Crippen LogP contribution in [0.3, 0.4) is 0 Å². The number of fused-ring (bicyclic) bond motifs is 12. The molecule has 29 nitrogen and oxygen atoms in total. The topological polar surface area (TPSA) is 388 Å². The Bertz CT molecular complexity index is 6180. The molecule has 0 radical (unpaired) electrons. The third-order valence-electron chi connectivity index (χ3n) is 22.9. The number of Topliss-reactive ketones (excluding diaryl/α,β-unsaturated/α-hetero) is 2. The van der Waals surface area contributed by atoms with E-state index in [0.717, 1.165) is 267 Å². The smallest absolute Gasteiger partial charge is 0.275 e. The molecule has 1 fully saturated rings. The van der Waals surface area contributed by atoms with E-state index in [9.17, 15) is 24.3 Å². The summed E-state index contributed by atoms with van der Waals surface area (Å²) in [6.45, 7) is 14.3. The minimum Gasteiger partial charge on any atom is -0.388 e. The number of pyridine rings is 3. The Hall–Kier alpha value is -12.6. The van der Waals surface area contributed by atoms with Crippen molar-refractivity contribution in [2.24, 2.45) is 4.99 Å². The van der Waals surface area contributed by atoms with Gasteiger partial charge in [-0.25, -0.2) is 15.0 Å². The van der Waals surface area contributed by atoms with Gasteiger partial charge in [-0.15, -0.1) is 0 Å². The number of nitrogens with one attached hydrogen (secondary N) is 8. The van der Waals surface area contributed by atoms with E-state index < -0.39 is 6.61 Å². The van der Waals surface area contributed by atoms with Crippen LogP contribution in [0.15, 0.2) is 96.7 Å². The quantitative estimate of drug-likeness (QED) is 0.0219. The molecule has 12 heterocycles. The number of amides is 2. The lowest BCUT2D eigenvalue weighted by molar-refractivity contribution is 0.0645. The SMILES string of the molecule is C=Cc1[nH]nc(C(=O)N2CCC2)c1-c1cnc(-c2cn[nH]c2C)c2c1CCCC2.Cc1[nH]ncc1-c1nc2ccc3[nH]nc(C(=O)CO)c3c2c2c1CCCC2.Cc1[nH]ncc1-c1nc2ccc3[nH]nc(C(=O)N(C)C)c3c2c2c1CCCC2.Cc1[nH]ncc1C(=Nc1ccc2[nH]nc(C(=O)COCCN(C)C)c2c1)C1=CCCCC1. The van der Waals surface area contributed by atoms with Crippen LogP contribution in [0.5, 0.6) is 0 Å². The molecule has 0 bridgehead atoms. The number of rotatable bonds is 18. The highest BCUT2D eigenvalue weighted by Gasteiger charge is 2.33. The van der Waals surface area contributed by atoms with Crippen LogP contribution in [0.2, 0.25) is 0 Å². The van der Waals surface area contributed by atoms with Crippen molar-refractivity contribution in [3.63, 3.8) is 0 Å². The van der Waals surface area contributed by atoms with Crippen LogP contribution in [-0.4, -0.2) is 213 Å². The van der Waals surface area contributed by atoms with Gasteiger partial charge in [-0.2, -0.15) is 40.8 Å². The van der Waals surface area contributed by atoms with Crippen molar-refractivity contribution in [1.82, 2.24) is 111 Å². The first-order valence-electron chi connectivity index (χ1n) is 40.0. The first kappa shape index (κ1) is 77.3. The molecule has 11 aromatic heterocycles. The molecule has 29 heteroatoms. The van der Waals surface area contributed by atoms with Crippen LogP contribution in [0, 0.1) is 27.7 Å². The number of aryl methyl sites for hydroxylation is 6. The molecule has 0 unspecified atom stereocenters. The van der Waals surface area contributed by atoms with Crippen molar-refractivity contribution >= 4 is 95.4 Å². The van der Waals surface area contributed by atoms with Crippen LogP contribution in [0.1, 0.15) is 180 Å². The van der Waals surface area contributed by atoms with E-state index in [1.165, 1.54) is 45.4 Å². The predicted molar refractivity (Wildman–Crippen MR) is 447 cm³/mol. The van der Waals surface area contributed by atoms with Gasteiger partial charge < -0.3 is 24.5 Å². The predicted octanol–water partition coefficient (Wildman–Crippen LogP) is 13.8. The number of likely N-dealkylation sites (tertiary alicyclic amines) is 1. The van der Waals surface area contributed by atoms with Crippen LogP contribution >= 0.6 is 0 Å². The molecule has 14 aromatic rings. The molecule has 9 N–H and O–H groups in total. The van der Waals surface area contributed by atoms with Crippen LogP contribution in [0.4, 0.5) is 5.69 Å². The van der Waals surface area contributed by atoms with E-state index in [0.29, 0.717) is 29.4 Å². The number of benzene rings is 3. The van der Waals surface area contributed by atoms with Gasteiger partial charge in [0.25, 0.3) is 11.8 Å². The lowest BCUT2D eigenvalue weighted by Gasteiger charge is -2.30. The van der Waals surface area contributed by atoms with E-state index in [-0.39, 0.29) is 30.0 Å². The van der Waals surface area contributed by atoms with Crippen molar-refractivity contribution in [3.05, 3.63) is 182 Å². The Labute approximate surface area is 668 Å². The molecule has 0 spiro atoms. The van der Waals surface area contributed by atoms with E-state index in [1.54, 1.807) is 25.1 Å². The van der Waals surface area contributed by atoms with Gasteiger partial charge in [0, 0.05) is 123 Å². The van der Waals surface area contributed by atoms with Gasteiger partial charge in [0.05, 0.1) is 93.2 Å². The molecule has 1 saturated heterocycles. The largest absolute Gasteiger partial charge is 0.388 e. The number of ketones is 2. The van der Waals surface area contributed by atoms with Crippen molar-refractivity contribution < 1.29 is 29.0 Å². The summed E-state index contributed by atoms with van der Waals surface area (Å²) in [5.74, 6) is -0.641. The maximum absolute atomic E-state index is 13.0. The average molecular weight is 1560 g/mol. The zero-order valence-corrected chi connectivity index (χ0v) is 66.8. The zero-order chi connectivity index (χ0) is 80.4. The summed E-state index contributed by atoms with van der Waals surface area (Å²) >= 11 is 0. The van der Waals surface area contributed by atoms with Gasteiger partial charge >= 0.3 is 0 Å². The third-order valence-corrected chi connectivity index (χ3v) is 22.9. The number of aliphatic imine (C=N–C) groups is 1. The van der Waals surface area contributed by atoms with E-state index in [4.69, 9.17) is 24.7 Å². The summed E-state index contributed by atoms with van der Waals surface area (Å²) in [6.07, 6.45) is 31.4. The number of hydrogen-bond acceptors (Lipinski definition) is 19. The molecule has 0 saturated carbocycles. The fourth-order valence-corrected chi connectivity index (χ4v) is 16.8. The van der Waals surface area contributed by atoms with Gasteiger partial charge in [-0.1, -0.05) is 12.7 Å². The summed E-state index contributed by atoms with van der Waals surface area (Å²) in [4.78, 5) is 76.0. The summed E-state index contributed by atoms with van der Waals surface area (Å²) in [5.41, 5.74) is 30.1. The van der Waals surface area contributed by atoms with Gasteiger partial charge in [0.15, 0.2) is 11.4 Å². The van der Waals surface area contributed by atoms with Gasteiger partial charge in [-0.05, 0) is 238 Å². The number of allylic oxidation sites excluding steroid dienone is 2. The number of ether oxygens (including phenoxy) is 1. The lowest BCUT2D eigenvalue weighted by Crippen LogP contribution is -2.42. The Morgan fingerprint density at radius 1 is 0.534 bits per heavy atom. The summed E-state index contributed by atoms with van der Waals surface area (Å²) in [6, 6.07) is 13.6. The number of aromatic amines is 8. The van der Waals surface area contributed by atoms with Crippen molar-refractivity contribution in [3.8, 4) is 44.9 Å². The molecular formula is C87H95N23O6. The van der Waals surface area contributed by atoms with E-state index in [1.807, 2.05) is 125 Å². The van der Waals surface area contributed by atoms with E-state index in [2.05, 4.69) is 94.2 Å². The lowest BCUT2D eigenvalue weighted by atomic mass is 9.84. The number of aromatic nitrogens is 19. The normalized spacial score (nSPS) is 14.6. The number of likely N-dealkylation sites (N-methyl/N-ethyl adjacent to an activating group) is 1. The highest BCUT2D eigenvalue weighted by Crippen LogP contribution is 2.44. The number of carbonyl (C=O) groups excluding carboxylic acids is 4. The molecule has 116 heavy (non-hydrogen) atoms. The number of carbonyl (C=O) groups is 4. The van der Waals surface area contributed by atoms with Gasteiger partial charge in [-0.3, -0.25) is 65.0 Å². The second-order valence-electron chi connectivity index (χ2n) is 31.0. The Kier molecular flexibility index (Phi) is 22.3. The van der Waals surface area contributed by atoms with Crippen LogP contribution in [-0.2, 0) is 43.3 Å². The molecule has 3 aromatic carbocycles. The standard InChI is InChI=1S/C24H30N6O2.C22H24N6O.C21H22N6O.C20H19N5O2/c1-16-20(14-25-27-16)23(17-7-5-4-6-8-17)26-18-9-10-21-19(13-18)24(29-28-21)22(31)15-32-12-11-30(2)3;1-3-18-19(21(27-26-18)22(29)28-9-6-10-28)17-11-23-20(16-12-24-25-13(16)2)15-8-5-4-7-14(15)17;1-11-14(10-22-24-11)19-13-7-5-4-6-12(13)17-15(23-19)8-9-16-18(17)20(26-25-16)21(28)27(2)3;1-10-13(8-21-23-10)19-12-5-3-2-4-11(12)17-14(22-19)6-7-15-18(17)20(25-24-15)16(27)9-26/h7,9-10,13-14H,4-6,8,11-12,15H2,1-3H3,(H,25,27)(H,28,29);3,11-12H,1,4-10H2,2H3,(H,24,25)(H,26,27);8-10H,4-7H2,1-3H3,(H,22,24)(H,25,26);6-8,26H,2-5,9H2,1H3,(H,21,23)(H,24,25). The third kappa shape index (κ3) is 15.0. The minimum atomic E-state index is -0.557. The van der Waals surface area contributed by atoms with Gasteiger partial charge in [0.2, 0.25) is 11.6 Å². The highest BCUT2D eigenvalue weighted by molar-refractivity contribution is 6.19. The molecule has 2 amide bonds. The fraction of sp³-hybridized carbons (Fsp3) is 0.356. The average Bonchev–Trinajstić information content (AvgIpc) is 1.46. The van der Waals surface area contributed by atoms with Crippen LogP contribution in [0.25, 0.3) is 105 Å². The number of hydrogen-bond donors (Lipinski definition) is 9. The van der Waals surface area contributed by atoms with Crippen molar-refractivity contribution in [2.75, 3.05) is 67.6 Å². The zero-order valence-electron chi connectivity index (χ0n) is 66.8. The minimum absolute atomic E-state index is 0.00758. The molecule has 5 aliphatic rings. The monoisotopic (exact) mass is 1560 g/mol. The first-order chi connectivity index (χ1) is 56.5. The summed E-state index contributed by atoms with van der Waals surface area (Å²) in [5, 5.41) is 71.7. The molecule has 19 rings (SSSR count). The molecular weight excluding hydrogens is 1460 g/mol. The fourth-order valence-electron chi connectivity index (χ4n) is 16.8. The number of aliphatic hydroxyl groups excluding tert-OH is 1. The molecule has 4 aliphatic carbocycles. The Balaban J connectivity index is 0.000000116. The summed E-state index contributed by atoms with van der Waals surface area (Å²) < 4.78 is 5.52. The number of aliphatic hydroxyl groups is 1. The Morgan fingerprint density at radius 2 is 1.06 bits per heavy atom. The molecule has 1 aliphatic heterocycles. The summed E-state index contributed by atoms with van der Waals surface area (Å²) in [7, 11) is 7.44. The Morgan fingerprint density at radius 3 is 1.59 bits per heavy atom. The first-order valence-corrected chi connectivity index (χ1v) is 40.0.